The van der Waals surface area contributed by atoms with Crippen molar-refractivity contribution in [2.45, 2.75) is 38.1 Å². The summed E-state index contributed by atoms with van der Waals surface area (Å²) in [5.41, 5.74) is 0.342. The summed E-state index contributed by atoms with van der Waals surface area (Å²) in [6, 6.07) is 7.76. The van der Waals surface area contributed by atoms with Gasteiger partial charge in [-0.3, -0.25) is 9.36 Å². The van der Waals surface area contributed by atoms with E-state index in [2.05, 4.69) is 6.92 Å². The van der Waals surface area contributed by atoms with E-state index in [1.54, 1.807) is 6.92 Å². The maximum atomic E-state index is 13.7. The highest BCUT2D eigenvalue weighted by atomic mass is 32.2. The molecule has 1 aliphatic rings. The van der Waals surface area contributed by atoms with Gasteiger partial charge in [-0.2, -0.15) is 4.31 Å². The molecule has 176 valence electrons. The van der Waals surface area contributed by atoms with E-state index in [1.165, 1.54) is 34.6 Å². The zero-order chi connectivity index (χ0) is 23.8. The maximum absolute atomic E-state index is 13.7. The molecule has 2 aromatic carbocycles. The normalized spacial score (nSPS) is 15.7. The molecule has 1 saturated heterocycles. The summed E-state index contributed by atoms with van der Waals surface area (Å²) in [5.74, 6) is -1.26. The average molecular weight is 477 g/mol. The molecule has 0 spiro atoms. The Labute approximate surface area is 190 Å². The highest BCUT2D eigenvalue weighted by Crippen LogP contribution is 2.26. The van der Waals surface area contributed by atoms with Crippen LogP contribution in [0.3, 0.4) is 0 Å². The van der Waals surface area contributed by atoms with E-state index < -0.39 is 33.9 Å². The van der Waals surface area contributed by atoms with Gasteiger partial charge in [-0.15, -0.1) is 0 Å². The fourth-order valence-corrected chi connectivity index (χ4v) is 5.45. The van der Waals surface area contributed by atoms with Crippen LogP contribution in [0.15, 0.2) is 50.5 Å². The molecule has 0 radical (unpaired) electrons. The minimum absolute atomic E-state index is 0.0108. The molecule has 0 unspecified atom stereocenters. The highest BCUT2D eigenvalue weighted by molar-refractivity contribution is 7.89. The van der Waals surface area contributed by atoms with Crippen LogP contribution in [0.4, 0.5) is 4.39 Å². The molecule has 3 aromatic rings. The summed E-state index contributed by atoms with van der Waals surface area (Å²) in [4.78, 5) is 25.4. The fraction of sp³-hybridized carbons (Fsp3) is 0.391. The standard InChI is InChI=1S/C23H25FN2O6S/c1-3-31-21-7-4-16(24)12-18(21)20(27)14-26-19-6-5-17(13-22(19)32-23(26)28)33(29,30)25-10-8-15(2)9-11-25/h4-7,12-13,15H,3,8-11,14H2,1-2H3. The van der Waals surface area contributed by atoms with Crippen molar-refractivity contribution in [1.82, 2.24) is 8.87 Å². The summed E-state index contributed by atoms with van der Waals surface area (Å²) in [5, 5.41) is 0. The van der Waals surface area contributed by atoms with Crippen LogP contribution in [-0.4, -0.2) is 42.8 Å². The number of piperidine rings is 1. The Morgan fingerprint density at radius 1 is 1.18 bits per heavy atom. The molecule has 0 atom stereocenters. The zero-order valence-corrected chi connectivity index (χ0v) is 19.2. The van der Waals surface area contributed by atoms with Crippen LogP contribution in [0.2, 0.25) is 0 Å². The van der Waals surface area contributed by atoms with E-state index in [0.717, 1.165) is 23.5 Å². The number of ether oxygens (including phenoxy) is 1. The predicted octanol–water partition coefficient (Wildman–Crippen LogP) is 3.44. The topological polar surface area (TPSA) is 98.8 Å². The van der Waals surface area contributed by atoms with E-state index in [9.17, 15) is 22.4 Å². The largest absolute Gasteiger partial charge is 0.493 e. The predicted molar refractivity (Wildman–Crippen MR) is 120 cm³/mol. The number of hydrogen-bond acceptors (Lipinski definition) is 6. The van der Waals surface area contributed by atoms with Crippen molar-refractivity contribution in [3.05, 3.63) is 58.3 Å². The summed E-state index contributed by atoms with van der Waals surface area (Å²) in [6.07, 6.45) is 1.58. The molecule has 2 heterocycles. The number of fused-ring (bicyclic) bond motifs is 1. The van der Waals surface area contributed by atoms with Gasteiger partial charge in [0.1, 0.15) is 11.6 Å². The number of carbonyl (C=O) groups is 1. The first kappa shape index (κ1) is 23.2. The highest BCUT2D eigenvalue weighted by Gasteiger charge is 2.29. The Morgan fingerprint density at radius 3 is 2.61 bits per heavy atom. The first-order valence-corrected chi connectivity index (χ1v) is 12.2. The molecule has 10 heteroatoms. The van der Waals surface area contributed by atoms with Crippen LogP contribution in [0.25, 0.3) is 11.1 Å². The number of sulfonamides is 1. The Bertz CT molecular complexity index is 1350. The lowest BCUT2D eigenvalue weighted by Gasteiger charge is -2.29. The lowest BCUT2D eigenvalue weighted by atomic mass is 10.0. The van der Waals surface area contributed by atoms with E-state index in [4.69, 9.17) is 9.15 Å². The number of oxazole rings is 1. The molecule has 1 aliphatic heterocycles. The minimum Gasteiger partial charge on any atom is -0.493 e. The number of ketones is 1. The Hall–Kier alpha value is -2.98. The third kappa shape index (κ3) is 4.58. The van der Waals surface area contributed by atoms with Crippen molar-refractivity contribution in [2.75, 3.05) is 19.7 Å². The molecular weight excluding hydrogens is 451 g/mol. The van der Waals surface area contributed by atoms with Gasteiger partial charge >= 0.3 is 5.76 Å². The van der Waals surface area contributed by atoms with Gasteiger partial charge in [0, 0.05) is 19.2 Å². The van der Waals surface area contributed by atoms with Gasteiger partial charge in [0.05, 0.1) is 29.1 Å². The number of rotatable bonds is 7. The van der Waals surface area contributed by atoms with E-state index in [-0.39, 0.29) is 33.9 Å². The van der Waals surface area contributed by atoms with Gasteiger partial charge in [0.15, 0.2) is 11.4 Å². The number of aromatic nitrogens is 1. The molecule has 0 N–H and O–H groups in total. The Balaban J connectivity index is 1.65. The number of halogens is 1. The second kappa shape index (κ2) is 9.11. The van der Waals surface area contributed by atoms with E-state index >= 15 is 0 Å². The first-order valence-electron chi connectivity index (χ1n) is 10.8. The van der Waals surface area contributed by atoms with Crippen LogP contribution in [-0.2, 0) is 16.6 Å². The third-order valence-electron chi connectivity index (χ3n) is 5.86. The van der Waals surface area contributed by atoms with Crippen molar-refractivity contribution < 1.29 is 26.8 Å². The first-order chi connectivity index (χ1) is 15.7. The van der Waals surface area contributed by atoms with Gasteiger partial charge in [-0.1, -0.05) is 6.92 Å². The van der Waals surface area contributed by atoms with Gasteiger partial charge in [0.25, 0.3) is 0 Å². The SMILES string of the molecule is CCOc1ccc(F)cc1C(=O)Cn1c(=O)oc2cc(S(=O)(=O)N3CCC(C)CC3)ccc21. The van der Waals surface area contributed by atoms with Crippen LogP contribution < -0.4 is 10.5 Å². The molecular formula is C23H25FN2O6S. The Kier molecular flexibility index (Phi) is 6.40. The number of Topliss-reactive ketones (excluding diaryl/α,β-unsaturated/α-hetero) is 1. The van der Waals surface area contributed by atoms with Crippen LogP contribution >= 0.6 is 0 Å². The second-order valence-electron chi connectivity index (χ2n) is 8.17. The lowest BCUT2D eigenvalue weighted by molar-refractivity contribution is 0.0966. The molecule has 0 aliphatic carbocycles. The molecule has 0 saturated carbocycles. The smallest absolute Gasteiger partial charge is 0.420 e. The summed E-state index contributed by atoms with van der Waals surface area (Å²) in [7, 11) is -3.73. The van der Waals surface area contributed by atoms with E-state index in [1.807, 2.05) is 0 Å². The van der Waals surface area contributed by atoms with Gasteiger partial charge in [0.2, 0.25) is 10.0 Å². The summed E-state index contributed by atoms with van der Waals surface area (Å²) < 4.78 is 52.9. The quantitative estimate of drug-likeness (QED) is 0.485. The average Bonchev–Trinajstić information content (AvgIpc) is 3.09. The Morgan fingerprint density at radius 2 is 1.91 bits per heavy atom. The van der Waals surface area contributed by atoms with Gasteiger partial charge in [-0.25, -0.2) is 17.6 Å². The number of benzene rings is 2. The maximum Gasteiger partial charge on any atom is 0.420 e. The van der Waals surface area contributed by atoms with E-state index in [0.29, 0.717) is 19.0 Å². The van der Waals surface area contributed by atoms with Crippen molar-refractivity contribution in [1.29, 1.82) is 0 Å². The second-order valence-corrected chi connectivity index (χ2v) is 10.1. The van der Waals surface area contributed by atoms with Crippen molar-refractivity contribution in [3.63, 3.8) is 0 Å². The number of carbonyl (C=O) groups excluding carboxylic acids is 1. The van der Waals surface area contributed by atoms with Crippen LogP contribution in [0.1, 0.15) is 37.0 Å². The number of hydrogen-bond donors (Lipinski definition) is 0. The third-order valence-corrected chi connectivity index (χ3v) is 7.76. The molecule has 8 nitrogen and oxygen atoms in total. The van der Waals surface area contributed by atoms with Crippen LogP contribution in [0, 0.1) is 11.7 Å². The lowest BCUT2D eigenvalue weighted by Crippen LogP contribution is -2.37. The van der Waals surface area contributed by atoms with Crippen molar-refractivity contribution >= 4 is 26.9 Å². The molecule has 1 fully saturated rings. The molecule has 0 amide bonds. The van der Waals surface area contributed by atoms with Crippen molar-refractivity contribution in [3.8, 4) is 5.75 Å². The molecule has 33 heavy (non-hydrogen) atoms. The van der Waals surface area contributed by atoms with Crippen LogP contribution in [0.5, 0.6) is 5.75 Å². The monoisotopic (exact) mass is 476 g/mol. The van der Waals surface area contributed by atoms with Crippen molar-refractivity contribution in [2.24, 2.45) is 5.92 Å². The fourth-order valence-electron chi connectivity index (χ4n) is 3.96. The zero-order valence-electron chi connectivity index (χ0n) is 18.4. The molecule has 1 aromatic heterocycles. The van der Waals surface area contributed by atoms with Gasteiger partial charge < -0.3 is 9.15 Å². The summed E-state index contributed by atoms with van der Waals surface area (Å²) >= 11 is 0. The number of nitrogens with zero attached hydrogens (tertiary/aromatic N) is 2. The molecule has 4 rings (SSSR count). The van der Waals surface area contributed by atoms with Gasteiger partial charge in [-0.05, 0) is 56.0 Å². The summed E-state index contributed by atoms with van der Waals surface area (Å²) in [6.45, 7) is 4.59. The molecule has 0 bridgehead atoms. The minimum atomic E-state index is -3.73.